The molecule has 1 fully saturated rings. The van der Waals surface area contributed by atoms with Gasteiger partial charge in [-0.25, -0.2) is 4.79 Å². The third kappa shape index (κ3) is 4.61. The summed E-state index contributed by atoms with van der Waals surface area (Å²) in [6.07, 6.45) is 6.39. The van der Waals surface area contributed by atoms with Gasteiger partial charge in [0.05, 0.1) is 22.9 Å². The number of carbonyl (C=O) groups is 1. The fourth-order valence-electron chi connectivity index (χ4n) is 3.30. The van der Waals surface area contributed by atoms with E-state index in [1.54, 1.807) is 13.0 Å². The van der Waals surface area contributed by atoms with Crippen molar-refractivity contribution in [3.8, 4) is 0 Å². The SMILES string of the molecule is CCOC(=O)c1cc(Cl)c(N)c(CN(CC)C2CCCCC2)c1. The fourth-order valence-corrected chi connectivity index (χ4v) is 3.54. The van der Waals surface area contributed by atoms with Gasteiger partial charge in [0.15, 0.2) is 0 Å². The number of anilines is 1. The van der Waals surface area contributed by atoms with Crippen LogP contribution in [0.5, 0.6) is 0 Å². The van der Waals surface area contributed by atoms with Crippen molar-refractivity contribution in [3.05, 3.63) is 28.3 Å². The summed E-state index contributed by atoms with van der Waals surface area (Å²) in [4.78, 5) is 14.4. The number of nitrogen functional groups attached to an aromatic ring is 1. The van der Waals surface area contributed by atoms with Crippen LogP contribution in [0.2, 0.25) is 5.02 Å². The number of benzene rings is 1. The first-order chi connectivity index (χ1) is 11.1. The van der Waals surface area contributed by atoms with Gasteiger partial charge in [-0.2, -0.15) is 0 Å². The lowest BCUT2D eigenvalue weighted by Crippen LogP contribution is -2.36. The van der Waals surface area contributed by atoms with E-state index in [0.717, 1.165) is 18.7 Å². The molecule has 1 aromatic rings. The van der Waals surface area contributed by atoms with Gasteiger partial charge < -0.3 is 10.5 Å². The monoisotopic (exact) mass is 338 g/mol. The highest BCUT2D eigenvalue weighted by Gasteiger charge is 2.22. The zero-order valence-corrected chi connectivity index (χ0v) is 14.9. The maximum Gasteiger partial charge on any atom is 0.338 e. The number of ether oxygens (including phenoxy) is 1. The molecule has 0 amide bonds. The Kier molecular flexibility index (Phi) is 6.72. The Morgan fingerprint density at radius 3 is 2.61 bits per heavy atom. The number of halogens is 1. The van der Waals surface area contributed by atoms with Crippen molar-refractivity contribution in [2.24, 2.45) is 0 Å². The normalized spacial score (nSPS) is 15.8. The molecule has 1 aliphatic rings. The van der Waals surface area contributed by atoms with Crippen LogP contribution in [0.3, 0.4) is 0 Å². The largest absolute Gasteiger partial charge is 0.462 e. The quantitative estimate of drug-likeness (QED) is 0.622. The molecule has 5 heteroatoms. The summed E-state index contributed by atoms with van der Waals surface area (Å²) in [7, 11) is 0. The molecule has 0 unspecified atom stereocenters. The number of hydrogen-bond donors (Lipinski definition) is 1. The molecule has 0 heterocycles. The van der Waals surface area contributed by atoms with Crippen molar-refractivity contribution in [2.45, 2.75) is 58.5 Å². The Balaban J connectivity index is 2.21. The zero-order valence-electron chi connectivity index (χ0n) is 14.1. The first kappa shape index (κ1) is 18.1. The van der Waals surface area contributed by atoms with Crippen LogP contribution in [0.15, 0.2) is 12.1 Å². The Labute approximate surface area is 143 Å². The van der Waals surface area contributed by atoms with Gasteiger partial charge in [-0.1, -0.05) is 37.8 Å². The topological polar surface area (TPSA) is 55.6 Å². The second-order valence-corrected chi connectivity index (χ2v) is 6.51. The maximum absolute atomic E-state index is 12.0. The smallest absolute Gasteiger partial charge is 0.338 e. The van der Waals surface area contributed by atoms with Gasteiger partial charge in [0.1, 0.15) is 0 Å². The molecule has 0 atom stereocenters. The van der Waals surface area contributed by atoms with E-state index in [4.69, 9.17) is 22.1 Å². The molecule has 1 aliphatic carbocycles. The number of carbonyl (C=O) groups excluding carboxylic acids is 1. The number of nitrogens with two attached hydrogens (primary N) is 1. The second-order valence-electron chi connectivity index (χ2n) is 6.11. The average molecular weight is 339 g/mol. The minimum atomic E-state index is -0.351. The van der Waals surface area contributed by atoms with Gasteiger partial charge in [-0.3, -0.25) is 4.90 Å². The predicted molar refractivity (Wildman–Crippen MR) is 94.8 cm³/mol. The van der Waals surface area contributed by atoms with Gasteiger partial charge in [-0.05, 0) is 44.0 Å². The fraction of sp³-hybridized carbons (Fsp3) is 0.611. The zero-order chi connectivity index (χ0) is 16.8. The van der Waals surface area contributed by atoms with Crippen molar-refractivity contribution in [2.75, 3.05) is 18.9 Å². The molecule has 2 rings (SSSR count). The Morgan fingerprint density at radius 1 is 1.30 bits per heavy atom. The lowest BCUT2D eigenvalue weighted by Gasteiger charge is -2.34. The Morgan fingerprint density at radius 2 is 2.00 bits per heavy atom. The third-order valence-corrected chi connectivity index (χ3v) is 4.91. The van der Waals surface area contributed by atoms with Crippen molar-refractivity contribution in [3.63, 3.8) is 0 Å². The summed E-state index contributed by atoms with van der Waals surface area (Å²) in [6, 6.07) is 4.01. The van der Waals surface area contributed by atoms with E-state index in [-0.39, 0.29) is 5.97 Å². The summed E-state index contributed by atoms with van der Waals surface area (Å²) in [5.74, 6) is -0.351. The Hall–Kier alpha value is -1.26. The molecule has 4 nitrogen and oxygen atoms in total. The van der Waals surface area contributed by atoms with Crippen molar-refractivity contribution in [1.29, 1.82) is 0 Å². The van der Waals surface area contributed by atoms with E-state index in [0.29, 0.717) is 28.9 Å². The average Bonchev–Trinajstić information content (AvgIpc) is 2.57. The van der Waals surface area contributed by atoms with Gasteiger partial charge >= 0.3 is 5.97 Å². The molecular formula is C18H27ClN2O2. The van der Waals surface area contributed by atoms with Crippen molar-refractivity contribution >= 4 is 23.3 Å². The van der Waals surface area contributed by atoms with E-state index < -0.39 is 0 Å². The molecule has 1 saturated carbocycles. The molecule has 0 bridgehead atoms. The molecule has 0 aromatic heterocycles. The molecular weight excluding hydrogens is 312 g/mol. The third-order valence-electron chi connectivity index (χ3n) is 4.60. The highest BCUT2D eigenvalue weighted by atomic mass is 35.5. The number of esters is 1. The van der Waals surface area contributed by atoms with Crippen LogP contribution in [0.25, 0.3) is 0 Å². The van der Waals surface area contributed by atoms with Crippen LogP contribution in [0.1, 0.15) is 61.9 Å². The Bertz CT molecular complexity index is 542. The molecule has 23 heavy (non-hydrogen) atoms. The van der Waals surface area contributed by atoms with Gasteiger partial charge in [0, 0.05) is 12.6 Å². The molecule has 0 aliphatic heterocycles. The van der Waals surface area contributed by atoms with Crippen LogP contribution in [0, 0.1) is 0 Å². The second kappa shape index (κ2) is 8.55. The molecule has 128 valence electrons. The molecule has 0 spiro atoms. The summed E-state index contributed by atoms with van der Waals surface area (Å²) >= 11 is 6.22. The summed E-state index contributed by atoms with van der Waals surface area (Å²) in [5, 5.41) is 0.422. The lowest BCUT2D eigenvalue weighted by molar-refractivity contribution is 0.0526. The standard InChI is InChI=1S/C18H27ClN2O2/c1-3-21(15-8-6-5-7-9-15)12-14-10-13(18(22)23-4-2)11-16(19)17(14)20/h10-11,15H,3-9,12,20H2,1-2H3. The van der Waals surface area contributed by atoms with Gasteiger partial charge in [-0.15, -0.1) is 0 Å². The summed E-state index contributed by atoms with van der Waals surface area (Å²) in [6.45, 7) is 5.99. The van der Waals surface area contributed by atoms with Crippen LogP contribution < -0.4 is 5.73 Å². The minimum absolute atomic E-state index is 0.347. The maximum atomic E-state index is 12.0. The van der Waals surface area contributed by atoms with Crippen LogP contribution >= 0.6 is 11.6 Å². The van der Waals surface area contributed by atoms with Crippen molar-refractivity contribution < 1.29 is 9.53 Å². The molecule has 0 radical (unpaired) electrons. The van der Waals surface area contributed by atoms with E-state index in [9.17, 15) is 4.79 Å². The first-order valence-corrected chi connectivity index (χ1v) is 8.93. The molecule has 1 aromatic carbocycles. The van der Waals surface area contributed by atoms with E-state index in [1.807, 2.05) is 6.07 Å². The van der Waals surface area contributed by atoms with E-state index in [1.165, 1.54) is 32.1 Å². The summed E-state index contributed by atoms with van der Waals surface area (Å²) < 4.78 is 5.07. The van der Waals surface area contributed by atoms with E-state index >= 15 is 0 Å². The highest BCUT2D eigenvalue weighted by molar-refractivity contribution is 6.33. The van der Waals surface area contributed by atoms with Crippen LogP contribution in [-0.2, 0) is 11.3 Å². The lowest BCUT2D eigenvalue weighted by atomic mass is 9.93. The number of nitrogens with zero attached hydrogens (tertiary/aromatic N) is 1. The minimum Gasteiger partial charge on any atom is -0.462 e. The highest BCUT2D eigenvalue weighted by Crippen LogP contribution is 2.29. The molecule has 0 saturated heterocycles. The van der Waals surface area contributed by atoms with Crippen molar-refractivity contribution in [1.82, 2.24) is 4.90 Å². The number of hydrogen-bond acceptors (Lipinski definition) is 4. The van der Waals surface area contributed by atoms with Gasteiger partial charge in [0.2, 0.25) is 0 Å². The summed E-state index contributed by atoms with van der Waals surface area (Å²) in [5.41, 5.74) is 8.09. The van der Waals surface area contributed by atoms with Crippen LogP contribution in [0.4, 0.5) is 5.69 Å². The first-order valence-electron chi connectivity index (χ1n) is 8.55. The number of rotatable bonds is 6. The van der Waals surface area contributed by atoms with E-state index in [2.05, 4.69) is 11.8 Å². The van der Waals surface area contributed by atoms with Crippen LogP contribution in [-0.4, -0.2) is 30.1 Å². The predicted octanol–water partition coefficient (Wildman–Crippen LogP) is 4.25. The van der Waals surface area contributed by atoms with Gasteiger partial charge in [0.25, 0.3) is 0 Å². The molecule has 2 N–H and O–H groups in total.